The van der Waals surface area contributed by atoms with Gasteiger partial charge in [0.05, 0.1) is 32.2 Å². The summed E-state index contributed by atoms with van der Waals surface area (Å²) in [5.41, 5.74) is 3.64. The van der Waals surface area contributed by atoms with Gasteiger partial charge >= 0.3 is 0 Å². The summed E-state index contributed by atoms with van der Waals surface area (Å²) >= 11 is 0. The lowest BCUT2D eigenvalue weighted by atomic mass is 10.1. The Bertz CT molecular complexity index is 1490. The number of anilines is 2. The van der Waals surface area contributed by atoms with Crippen molar-refractivity contribution < 1.29 is 9.47 Å². The number of rotatable bonds is 9. The first kappa shape index (κ1) is 27.2. The molecule has 6 rings (SSSR count). The molecule has 4 aromatic rings. The minimum atomic E-state index is 0.0308. The number of hydrogen-bond donors (Lipinski definition) is 0. The van der Waals surface area contributed by atoms with Crippen molar-refractivity contribution in [2.75, 3.05) is 51.0 Å². The molecule has 0 N–H and O–H groups in total. The van der Waals surface area contributed by atoms with Crippen LogP contribution in [0.5, 0.6) is 11.5 Å². The van der Waals surface area contributed by atoms with E-state index in [9.17, 15) is 4.79 Å². The van der Waals surface area contributed by atoms with Crippen LogP contribution in [0, 0.1) is 6.92 Å². The summed E-state index contributed by atoms with van der Waals surface area (Å²) in [6.45, 7) is 8.62. The molecule has 1 saturated heterocycles. The highest BCUT2D eigenvalue weighted by Crippen LogP contribution is 2.31. The first-order chi connectivity index (χ1) is 20.1. The van der Waals surface area contributed by atoms with Crippen LogP contribution in [-0.4, -0.2) is 65.4 Å². The lowest BCUT2D eigenvalue weighted by Crippen LogP contribution is -2.48. The van der Waals surface area contributed by atoms with Gasteiger partial charge in [0.25, 0.3) is 5.56 Å². The van der Waals surface area contributed by atoms with Crippen LogP contribution in [0.15, 0.2) is 89.7 Å². The average Bonchev–Trinajstić information content (AvgIpc) is 3.01. The van der Waals surface area contributed by atoms with Crippen molar-refractivity contribution in [3.05, 3.63) is 112 Å². The van der Waals surface area contributed by atoms with E-state index in [1.54, 1.807) is 0 Å². The van der Waals surface area contributed by atoms with Crippen molar-refractivity contribution in [3.8, 4) is 11.5 Å². The van der Waals surface area contributed by atoms with Crippen LogP contribution < -0.4 is 15.2 Å². The highest BCUT2D eigenvalue weighted by molar-refractivity contribution is 5.60. The van der Waals surface area contributed by atoms with E-state index in [1.165, 1.54) is 0 Å². The van der Waals surface area contributed by atoms with E-state index in [2.05, 4.69) is 26.8 Å². The number of morpholine rings is 1. The molecule has 0 bridgehead atoms. The van der Waals surface area contributed by atoms with Crippen molar-refractivity contribution in [2.24, 2.45) is 0 Å². The number of aromatic nitrogens is 2. The highest BCUT2D eigenvalue weighted by atomic mass is 16.5. The molecule has 0 aliphatic carbocycles. The fraction of sp³-hybridized carbons (Fsp3) is 0.333. The summed E-state index contributed by atoms with van der Waals surface area (Å²) in [6.07, 6.45) is 1.60. The zero-order valence-electron chi connectivity index (χ0n) is 23.6. The summed E-state index contributed by atoms with van der Waals surface area (Å²) in [5, 5.41) is 0. The Morgan fingerprint density at radius 2 is 1.46 bits per heavy atom. The molecule has 3 aromatic carbocycles. The van der Waals surface area contributed by atoms with E-state index < -0.39 is 0 Å². The van der Waals surface area contributed by atoms with Crippen LogP contribution in [0.2, 0.25) is 0 Å². The molecule has 212 valence electrons. The zero-order chi connectivity index (χ0) is 28.0. The second-order valence-corrected chi connectivity index (χ2v) is 10.7. The van der Waals surface area contributed by atoms with Crippen molar-refractivity contribution in [1.29, 1.82) is 0 Å². The second kappa shape index (κ2) is 12.7. The Labute approximate surface area is 241 Å². The van der Waals surface area contributed by atoms with E-state index in [0.717, 1.165) is 79.8 Å². The van der Waals surface area contributed by atoms with E-state index in [1.807, 2.05) is 84.3 Å². The number of para-hydroxylation sites is 1. The third-order valence-electron chi connectivity index (χ3n) is 7.78. The Morgan fingerprint density at radius 1 is 0.805 bits per heavy atom. The van der Waals surface area contributed by atoms with Gasteiger partial charge in [-0.1, -0.05) is 48.5 Å². The molecule has 41 heavy (non-hydrogen) atoms. The van der Waals surface area contributed by atoms with Gasteiger partial charge in [0.1, 0.15) is 11.5 Å². The third-order valence-corrected chi connectivity index (χ3v) is 7.78. The first-order valence-corrected chi connectivity index (χ1v) is 14.4. The maximum atomic E-state index is 14.0. The number of ether oxygens (including phenoxy) is 2. The maximum Gasteiger partial charge on any atom is 0.259 e. The van der Waals surface area contributed by atoms with Crippen molar-refractivity contribution in [3.63, 3.8) is 0 Å². The molecule has 3 heterocycles. The van der Waals surface area contributed by atoms with Gasteiger partial charge in [-0.15, -0.1) is 0 Å². The molecule has 1 fully saturated rings. The van der Waals surface area contributed by atoms with Crippen LogP contribution >= 0.6 is 0 Å². The van der Waals surface area contributed by atoms with Crippen molar-refractivity contribution in [1.82, 2.24) is 19.4 Å². The molecule has 8 heteroatoms. The predicted octanol–water partition coefficient (Wildman–Crippen LogP) is 5.03. The quantitative estimate of drug-likeness (QED) is 0.289. The van der Waals surface area contributed by atoms with Gasteiger partial charge in [-0.3, -0.25) is 24.1 Å². The summed E-state index contributed by atoms with van der Waals surface area (Å²) in [6, 6.07) is 27.9. The minimum Gasteiger partial charge on any atom is -0.457 e. The maximum absolute atomic E-state index is 14.0. The molecule has 8 nitrogen and oxygen atoms in total. The smallest absolute Gasteiger partial charge is 0.259 e. The van der Waals surface area contributed by atoms with E-state index in [4.69, 9.17) is 14.5 Å². The third kappa shape index (κ3) is 6.51. The van der Waals surface area contributed by atoms with Crippen LogP contribution in [0.25, 0.3) is 0 Å². The fourth-order valence-electron chi connectivity index (χ4n) is 5.53. The molecule has 0 saturated carbocycles. The number of fused-ring (bicyclic) bond motifs is 1. The standard InChI is InChI=1S/C33H37N5O3/c1-26-31(23-27-9-4-2-5-10-27)32(39)38-25-36(18-8-17-35-19-21-40-22-20-35)24-37(33(38)34-26)28-13-15-30(16-14-28)41-29-11-6-3-7-12-29/h2-7,9-16H,8,17-25H2,1H3. The monoisotopic (exact) mass is 551 g/mol. The Balaban J connectivity index is 1.27. The van der Waals surface area contributed by atoms with E-state index >= 15 is 0 Å². The van der Waals surface area contributed by atoms with Gasteiger partial charge in [-0.05, 0) is 61.9 Å². The zero-order valence-corrected chi connectivity index (χ0v) is 23.6. The molecular formula is C33H37N5O3. The molecule has 1 aromatic heterocycles. The van der Waals surface area contributed by atoms with Crippen LogP contribution in [-0.2, 0) is 17.8 Å². The summed E-state index contributed by atoms with van der Waals surface area (Å²) in [5.74, 6) is 2.24. The minimum absolute atomic E-state index is 0.0308. The first-order valence-electron chi connectivity index (χ1n) is 14.4. The molecule has 0 amide bonds. The van der Waals surface area contributed by atoms with E-state index in [-0.39, 0.29) is 5.56 Å². The highest BCUT2D eigenvalue weighted by Gasteiger charge is 2.28. The fourth-order valence-corrected chi connectivity index (χ4v) is 5.53. The molecule has 0 atom stereocenters. The Hall–Kier alpha value is -3.98. The van der Waals surface area contributed by atoms with Crippen molar-refractivity contribution in [2.45, 2.75) is 26.4 Å². The van der Waals surface area contributed by atoms with Gasteiger partial charge in [-0.25, -0.2) is 4.98 Å². The normalized spacial score (nSPS) is 16.0. The van der Waals surface area contributed by atoms with Crippen molar-refractivity contribution >= 4 is 11.6 Å². The van der Waals surface area contributed by atoms with Gasteiger partial charge < -0.3 is 9.47 Å². The second-order valence-electron chi connectivity index (χ2n) is 10.7. The lowest BCUT2D eigenvalue weighted by molar-refractivity contribution is 0.0354. The molecular weight excluding hydrogens is 514 g/mol. The van der Waals surface area contributed by atoms with Gasteiger partial charge in [0.15, 0.2) is 0 Å². The average molecular weight is 552 g/mol. The summed E-state index contributed by atoms with van der Waals surface area (Å²) < 4.78 is 13.4. The number of hydrogen-bond acceptors (Lipinski definition) is 7. The number of aryl methyl sites for hydroxylation is 1. The Kier molecular flexibility index (Phi) is 8.41. The van der Waals surface area contributed by atoms with Crippen LogP contribution in [0.3, 0.4) is 0 Å². The Morgan fingerprint density at radius 3 is 2.20 bits per heavy atom. The number of nitrogens with zero attached hydrogens (tertiary/aromatic N) is 5. The van der Waals surface area contributed by atoms with Gasteiger partial charge in [0, 0.05) is 37.3 Å². The topological polar surface area (TPSA) is 63.1 Å². The predicted molar refractivity (Wildman–Crippen MR) is 161 cm³/mol. The lowest BCUT2D eigenvalue weighted by Gasteiger charge is -2.39. The van der Waals surface area contributed by atoms with Crippen LogP contribution in [0.4, 0.5) is 11.6 Å². The molecule has 2 aliphatic rings. The molecule has 2 aliphatic heterocycles. The molecule has 0 radical (unpaired) electrons. The SMILES string of the molecule is Cc1nc2n(c(=O)c1Cc1ccccc1)CN(CCCN1CCOCC1)CN2c1ccc(Oc2ccccc2)cc1. The van der Waals surface area contributed by atoms with E-state index in [0.29, 0.717) is 25.7 Å². The van der Waals surface area contributed by atoms with Gasteiger partial charge in [0.2, 0.25) is 5.95 Å². The number of benzene rings is 3. The summed E-state index contributed by atoms with van der Waals surface area (Å²) in [4.78, 5) is 25.9. The molecule has 0 unspecified atom stereocenters. The van der Waals surface area contributed by atoms with Crippen LogP contribution in [0.1, 0.15) is 23.2 Å². The largest absolute Gasteiger partial charge is 0.457 e. The van der Waals surface area contributed by atoms with Gasteiger partial charge in [-0.2, -0.15) is 0 Å². The summed E-state index contributed by atoms with van der Waals surface area (Å²) in [7, 11) is 0. The molecule has 0 spiro atoms.